The Kier molecular flexibility index (Phi) is 6.96. The predicted octanol–water partition coefficient (Wildman–Crippen LogP) is 5.81. The number of rotatable bonds is 2. The highest BCUT2D eigenvalue weighted by molar-refractivity contribution is 14.1. The van der Waals surface area contributed by atoms with Crippen LogP contribution in [0.4, 0.5) is 33.9 Å². The number of nitrogen functional groups attached to an aromatic ring is 1. The molecule has 0 radical (unpaired) electrons. The summed E-state index contributed by atoms with van der Waals surface area (Å²) in [5.41, 5.74) is 2.74. The lowest BCUT2D eigenvalue weighted by atomic mass is 9.94. The van der Waals surface area contributed by atoms with E-state index in [2.05, 4.69) is 9.97 Å². The van der Waals surface area contributed by atoms with Crippen molar-refractivity contribution in [3.63, 3.8) is 0 Å². The number of hydrogen-bond acceptors (Lipinski definition) is 7. The number of piperazine rings is 1. The minimum Gasteiger partial charge on any atom is -0.444 e. The predicted molar refractivity (Wildman–Crippen MR) is 148 cm³/mol. The topological polar surface area (TPSA) is 108 Å². The van der Waals surface area contributed by atoms with Crippen LogP contribution in [0.15, 0.2) is 6.07 Å². The van der Waals surface area contributed by atoms with Crippen molar-refractivity contribution in [1.82, 2.24) is 14.9 Å². The molecule has 2 fully saturated rings. The number of halogens is 5. The van der Waals surface area contributed by atoms with Gasteiger partial charge in [0.05, 0.1) is 28.9 Å². The first-order valence-corrected chi connectivity index (χ1v) is 13.6. The molecule has 2 aromatic carbocycles. The fourth-order valence-corrected chi connectivity index (χ4v) is 6.28. The van der Waals surface area contributed by atoms with Gasteiger partial charge in [-0.2, -0.15) is 19.6 Å². The van der Waals surface area contributed by atoms with Gasteiger partial charge in [0, 0.05) is 33.2 Å². The van der Waals surface area contributed by atoms with E-state index in [1.807, 2.05) is 0 Å². The first-order chi connectivity index (χ1) is 18.7. The number of nitrogens with two attached hydrogens (primary N) is 1. The molecule has 40 heavy (non-hydrogen) atoms. The number of hydrogen-bond donors (Lipinski definition) is 1. The summed E-state index contributed by atoms with van der Waals surface area (Å²) in [7, 11) is 0. The van der Waals surface area contributed by atoms with E-state index in [0.717, 1.165) is 6.07 Å². The number of ether oxygens (including phenoxy) is 1. The van der Waals surface area contributed by atoms with Crippen LogP contribution in [-0.2, 0) is 4.74 Å². The quantitative estimate of drug-likeness (QED) is 0.159. The Morgan fingerprint density at radius 2 is 1.75 bits per heavy atom. The molecule has 2 aliphatic rings. The third-order valence-corrected chi connectivity index (χ3v) is 8.57. The number of carbonyl (C=O) groups excluding carboxylic acids is 1. The zero-order chi connectivity index (χ0) is 29.3. The Morgan fingerprint density at radius 1 is 1.12 bits per heavy atom. The van der Waals surface area contributed by atoms with E-state index in [1.165, 1.54) is 6.92 Å². The highest BCUT2D eigenvalue weighted by Gasteiger charge is 2.45. The largest absolute Gasteiger partial charge is 0.444 e. The van der Waals surface area contributed by atoms with Crippen molar-refractivity contribution in [2.75, 3.05) is 23.7 Å². The van der Waals surface area contributed by atoms with Crippen LogP contribution in [0.2, 0.25) is 0 Å². The van der Waals surface area contributed by atoms with Crippen molar-refractivity contribution < 1.29 is 27.1 Å². The highest BCUT2D eigenvalue weighted by Crippen LogP contribution is 2.42. The molecule has 2 bridgehead atoms. The number of carbonyl (C=O) groups is 1. The molecule has 0 spiro atoms. The molecule has 2 N–H and O–H groups in total. The molecule has 0 saturated carbocycles. The van der Waals surface area contributed by atoms with Crippen molar-refractivity contribution in [3.05, 3.63) is 44.3 Å². The molecule has 210 valence electrons. The van der Waals surface area contributed by atoms with Gasteiger partial charge in [0.1, 0.15) is 28.8 Å². The molecule has 0 aliphatic carbocycles. The molecule has 13 heteroatoms. The Hall–Kier alpha value is -3.41. The highest BCUT2D eigenvalue weighted by atomic mass is 127. The lowest BCUT2D eigenvalue weighted by Crippen LogP contribution is -2.57. The van der Waals surface area contributed by atoms with Crippen LogP contribution in [0.1, 0.15) is 44.7 Å². The van der Waals surface area contributed by atoms with Gasteiger partial charge in [0.15, 0.2) is 11.6 Å². The van der Waals surface area contributed by atoms with Crippen LogP contribution in [-0.4, -0.2) is 51.7 Å². The molecule has 3 aromatic rings. The number of fused-ring (bicyclic) bond motifs is 3. The Bertz CT molecular complexity index is 1610. The fraction of sp³-hybridized carbons (Fsp3) is 0.407. The summed E-state index contributed by atoms with van der Waals surface area (Å²) in [4.78, 5) is 23.7. The van der Waals surface area contributed by atoms with Gasteiger partial charge in [-0.05, 0) is 69.2 Å². The second-order valence-corrected chi connectivity index (χ2v) is 12.0. The van der Waals surface area contributed by atoms with E-state index in [4.69, 9.17) is 10.5 Å². The average Bonchev–Trinajstić information content (AvgIpc) is 3.14. The molecule has 3 heterocycles. The van der Waals surface area contributed by atoms with Crippen LogP contribution < -0.4 is 10.6 Å². The molecular weight excluding hydrogens is 643 g/mol. The van der Waals surface area contributed by atoms with E-state index < -0.39 is 57.6 Å². The molecule has 0 unspecified atom stereocenters. The second kappa shape index (κ2) is 9.90. The first-order valence-electron chi connectivity index (χ1n) is 12.5. The standard InChI is InChI=1S/C27H25F4IN6O2/c1-11-19(29)22(34)15(8-33)17(21(11)32)18-16(28)7-14-23(20(18)30)35-25(31)36-24(14)37-9-12-5-6-13(10-37)38(12)26(39)40-27(2,3)4/h7,12-13H,5-6,9-10,34H2,1-4H3/t12-,13+. The average molecular weight is 668 g/mol. The molecule has 2 saturated heterocycles. The van der Waals surface area contributed by atoms with Gasteiger partial charge in [-0.15, -0.1) is 0 Å². The summed E-state index contributed by atoms with van der Waals surface area (Å²) in [5, 5.41) is 9.58. The third-order valence-electron chi connectivity index (χ3n) is 7.22. The monoisotopic (exact) mass is 668 g/mol. The number of aromatic nitrogens is 2. The van der Waals surface area contributed by atoms with Gasteiger partial charge < -0.3 is 15.4 Å². The van der Waals surface area contributed by atoms with Crippen molar-refractivity contribution in [2.24, 2.45) is 0 Å². The van der Waals surface area contributed by atoms with Crippen LogP contribution in [0.25, 0.3) is 22.0 Å². The van der Waals surface area contributed by atoms with Crippen molar-refractivity contribution in [1.29, 1.82) is 5.26 Å². The number of amides is 1. The minimum atomic E-state index is -1.23. The van der Waals surface area contributed by atoms with Gasteiger partial charge in [-0.1, -0.05) is 0 Å². The van der Waals surface area contributed by atoms with Gasteiger partial charge in [0.2, 0.25) is 0 Å². The summed E-state index contributed by atoms with van der Waals surface area (Å²) in [6.07, 6.45) is -0.318. The van der Waals surface area contributed by atoms with E-state index >= 15 is 8.78 Å². The van der Waals surface area contributed by atoms with Crippen LogP contribution >= 0.6 is 22.6 Å². The Morgan fingerprint density at radius 3 is 2.33 bits per heavy atom. The van der Waals surface area contributed by atoms with E-state index in [-0.39, 0.29) is 51.1 Å². The molecule has 1 aromatic heterocycles. The lowest BCUT2D eigenvalue weighted by Gasteiger charge is -2.42. The van der Waals surface area contributed by atoms with Crippen LogP contribution in [0, 0.1) is 45.4 Å². The molecular formula is C27H25F4IN6O2. The maximum atomic E-state index is 16.1. The summed E-state index contributed by atoms with van der Waals surface area (Å²) in [5.74, 6) is -3.18. The zero-order valence-corrected chi connectivity index (χ0v) is 24.2. The summed E-state index contributed by atoms with van der Waals surface area (Å²) in [6, 6.07) is 2.19. The van der Waals surface area contributed by atoms with Gasteiger partial charge in [-0.25, -0.2) is 18.0 Å². The lowest BCUT2D eigenvalue weighted by molar-refractivity contribution is 0.0122. The van der Waals surface area contributed by atoms with E-state index in [9.17, 15) is 18.8 Å². The zero-order valence-electron chi connectivity index (χ0n) is 22.1. The third kappa shape index (κ3) is 4.55. The Balaban J connectivity index is 1.62. The van der Waals surface area contributed by atoms with Gasteiger partial charge in [-0.3, -0.25) is 4.90 Å². The van der Waals surface area contributed by atoms with Crippen molar-refractivity contribution >= 4 is 51.1 Å². The van der Waals surface area contributed by atoms with Crippen molar-refractivity contribution in [3.8, 4) is 17.2 Å². The Labute approximate surface area is 241 Å². The second-order valence-electron chi connectivity index (χ2n) is 11.0. The smallest absolute Gasteiger partial charge is 0.410 e. The fourth-order valence-electron chi connectivity index (χ4n) is 5.50. The number of anilines is 2. The van der Waals surface area contributed by atoms with Crippen molar-refractivity contribution in [2.45, 2.75) is 58.2 Å². The molecule has 2 atom stereocenters. The van der Waals surface area contributed by atoms with E-state index in [1.54, 1.807) is 59.2 Å². The normalized spacial score (nSPS) is 18.8. The SMILES string of the molecule is Cc1c(F)c(N)c(C#N)c(-c2c(F)cc3c(N4C[C@H]5CC[C@@H](C4)N5C(=O)OC(C)(C)C)nc(F)nc3c2F)c1I. The summed E-state index contributed by atoms with van der Waals surface area (Å²) < 4.78 is 66.8. The van der Waals surface area contributed by atoms with Crippen LogP contribution in [0.5, 0.6) is 0 Å². The van der Waals surface area contributed by atoms with Gasteiger partial charge >= 0.3 is 12.2 Å². The van der Waals surface area contributed by atoms with Gasteiger partial charge in [0.25, 0.3) is 0 Å². The maximum absolute atomic E-state index is 16.1. The molecule has 1 amide bonds. The minimum absolute atomic E-state index is 0.0129. The van der Waals surface area contributed by atoms with E-state index in [0.29, 0.717) is 12.8 Å². The first kappa shape index (κ1) is 28.1. The number of nitrogens with zero attached hydrogens (tertiary/aromatic N) is 5. The summed E-state index contributed by atoms with van der Waals surface area (Å²) in [6.45, 7) is 7.20. The molecule has 2 aliphatic heterocycles. The molecule has 8 nitrogen and oxygen atoms in total. The summed E-state index contributed by atoms with van der Waals surface area (Å²) >= 11 is 1.69. The molecule has 5 rings (SSSR count). The van der Waals surface area contributed by atoms with Crippen LogP contribution in [0.3, 0.4) is 0 Å². The number of benzene rings is 2. The number of nitriles is 1. The maximum Gasteiger partial charge on any atom is 0.410 e.